The van der Waals surface area contributed by atoms with Gasteiger partial charge in [-0.2, -0.15) is 5.26 Å². The Morgan fingerprint density at radius 2 is 1.52 bits per heavy atom. The van der Waals surface area contributed by atoms with E-state index in [0.29, 0.717) is 25.1 Å². The minimum Gasteiger partial charge on any atom is -0.497 e. The predicted molar refractivity (Wildman–Crippen MR) is 226 cm³/mol. The number of carbonyl (C=O) groups is 1. The molecule has 0 bridgehead atoms. The molecular weight excluding hydrogens is 764 g/mol. The van der Waals surface area contributed by atoms with Crippen LogP contribution in [0.2, 0.25) is 0 Å². The first-order chi connectivity index (χ1) is 27.2. The summed E-state index contributed by atoms with van der Waals surface area (Å²) in [4.78, 5) is 20.5. The van der Waals surface area contributed by atoms with Crippen molar-refractivity contribution in [2.24, 2.45) is 0 Å². The second kappa shape index (κ2) is 21.8. The number of carbonyl (C=O) groups excluding carboxylic acids is 1. The van der Waals surface area contributed by atoms with Crippen LogP contribution in [0, 0.1) is 11.3 Å². The topological polar surface area (TPSA) is 106 Å². The third-order valence-electron chi connectivity index (χ3n) is 9.44. The first-order valence-electron chi connectivity index (χ1n) is 18.9. The maximum atomic E-state index is 14.2. The number of hydrogen-bond donors (Lipinski definition) is 0. The fraction of sp³-hybridized carbons (Fsp3) is 0.419. The molecule has 1 aliphatic rings. The van der Waals surface area contributed by atoms with E-state index in [-0.39, 0.29) is 49.8 Å². The maximum absolute atomic E-state index is 14.2. The van der Waals surface area contributed by atoms with E-state index >= 15 is 0 Å². The summed E-state index contributed by atoms with van der Waals surface area (Å²) in [6.07, 6.45) is 2.65. The van der Waals surface area contributed by atoms with E-state index in [1.807, 2.05) is 89.8 Å². The molecule has 56 heavy (non-hydrogen) atoms. The quantitative estimate of drug-likeness (QED) is 0.0348. The van der Waals surface area contributed by atoms with E-state index in [2.05, 4.69) is 55.6 Å². The Balaban J connectivity index is 1.47. The number of aromatic nitrogens is 1. The van der Waals surface area contributed by atoms with Gasteiger partial charge in [0.25, 0.3) is 8.53 Å². The fourth-order valence-electron chi connectivity index (χ4n) is 6.90. The molecule has 1 fully saturated rings. The van der Waals surface area contributed by atoms with Crippen LogP contribution in [0.4, 0.5) is 0 Å². The SMILES string of the molecule is COc1ccc(C(OC[C@@H]2C[C@@H](OP(OCCC#N)N(C(C)C)C(C)C)CN2C(=O)CCSSc2ccccn2)(c2ccccc2)c2ccc(OC)cc2)cc1. The number of pyridine rings is 1. The van der Waals surface area contributed by atoms with Crippen LogP contribution in [-0.4, -0.2) is 84.4 Å². The number of rotatable bonds is 21. The standard InChI is InChI=1S/C43H53N4O6PS2/c1-32(2)47(33(3)4)54(52-27-12-25-44)53-40-29-37(46(30-40)42(48)24-28-55-56-41-15-10-11-26-45-41)31-51-43(34-13-8-7-9-14-34,35-16-20-38(49-5)21-17-35)36-18-22-39(50-6)23-19-36/h7-11,13-23,26,32-33,37,40H,12,24,27-31H2,1-6H3/t37-,40+,54?/m0/s1. The van der Waals surface area contributed by atoms with E-state index in [4.69, 9.17) is 23.3 Å². The molecule has 13 heteroatoms. The highest BCUT2D eigenvalue weighted by Gasteiger charge is 2.43. The zero-order valence-electron chi connectivity index (χ0n) is 33.1. The molecule has 5 rings (SSSR count). The van der Waals surface area contributed by atoms with Crippen LogP contribution in [0.1, 0.15) is 63.6 Å². The van der Waals surface area contributed by atoms with Gasteiger partial charge in [-0.1, -0.05) is 71.5 Å². The average molecular weight is 817 g/mol. The number of nitrogens with zero attached hydrogens (tertiary/aromatic N) is 4. The molecule has 298 valence electrons. The molecule has 1 aromatic heterocycles. The highest BCUT2D eigenvalue weighted by atomic mass is 33.1. The lowest BCUT2D eigenvalue weighted by Crippen LogP contribution is -2.42. The van der Waals surface area contributed by atoms with E-state index in [1.54, 1.807) is 42.0 Å². The Labute approximate surface area is 341 Å². The molecule has 0 N–H and O–H groups in total. The van der Waals surface area contributed by atoms with Gasteiger partial charge in [-0.05, 0) is 98.0 Å². The summed E-state index contributed by atoms with van der Waals surface area (Å²) in [5, 5.41) is 10.2. The minimum atomic E-state index is -1.51. The maximum Gasteiger partial charge on any atom is 0.259 e. The smallest absolute Gasteiger partial charge is 0.259 e. The number of ether oxygens (including phenoxy) is 3. The average Bonchev–Trinajstić information content (AvgIpc) is 3.63. The lowest BCUT2D eigenvalue weighted by atomic mass is 9.80. The summed E-state index contributed by atoms with van der Waals surface area (Å²) >= 11 is 0. The van der Waals surface area contributed by atoms with Crippen molar-refractivity contribution in [1.82, 2.24) is 14.6 Å². The van der Waals surface area contributed by atoms with Gasteiger partial charge in [-0.3, -0.25) is 4.79 Å². The van der Waals surface area contributed by atoms with Crippen LogP contribution < -0.4 is 9.47 Å². The van der Waals surface area contributed by atoms with Crippen molar-refractivity contribution in [3.05, 3.63) is 120 Å². The van der Waals surface area contributed by atoms with Gasteiger partial charge in [0.15, 0.2) is 0 Å². The summed E-state index contributed by atoms with van der Waals surface area (Å²) in [7, 11) is 4.99. The molecule has 1 aliphatic heterocycles. The van der Waals surface area contributed by atoms with Crippen LogP contribution in [0.5, 0.6) is 11.5 Å². The first-order valence-corrected chi connectivity index (χ1v) is 22.4. The second-order valence-corrected chi connectivity index (χ2v) is 17.7. The van der Waals surface area contributed by atoms with E-state index < -0.39 is 14.1 Å². The first kappa shape index (κ1) is 43.5. The molecule has 10 nitrogen and oxygen atoms in total. The van der Waals surface area contributed by atoms with Crippen LogP contribution in [0.3, 0.4) is 0 Å². The van der Waals surface area contributed by atoms with Crippen molar-refractivity contribution in [3.63, 3.8) is 0 Å². The normalized spacial score (nSPS) is 16.3. The number of nitriles is 1. The zero-order chi connectivity index (χ0) is 39.9. The Bertz CT molecular complexity index is 1760. The summed E-state index contributed by atoms with van der Waals surface area (Å²) in [6.45, 7) is 9.39. The van der Waals surface area contributed by atoms with Gasteiger partial charge in [-0.15, -0.1) is 0 Å². The number of likely N-dealkylation sites (tertiary alicyclic amines) is 1. The van der Waals surface area contributed by atoms with E-state index in [9.17, 15) is 10.1 Å². The third-order valence-corrected chi connectivity index (χ3v) is 13.9. The molecule has 4 aromatic rings. The number of hydrogen-bond acceptors (Lipinski definition) is 11. The largest absolute Gasteiger partial charge is 0.497 e. The Morgan fingerprint density at radius 3 is 2.07 bits per heavy atom. The summed E-state index contributed by atoms with van der Waals surface area (Å²) in [5.74, 6) is 2.14. The van der Waals surface area contributed by atoms with Gasteiger partial charge in [-0.25, -0.2) is 9.65 Å². The van der Waals surface area contributed by atoms with Crippen LogP contribution in [-0.2, 0) is 24.2 Å². The van der Waals surface area contributed by atoms with Crippen molar-refractivity contribution in [3.8, 4) is 17.6 Å². The van der Waals surface area contributed by atoms with Gasteiger partial charge < -0.3 is 28.2 Å². The number of methoxy groups -OCH3 is 2. The lowest BCUT2D eigenvalue weighted by molar-refractivity contribution is -0.133. The molecule has 1 amide bonds. The summed E-state index contributed by atoms with van der Waals surface area (Å²) < 4.78 is 33.7. The highest BCUT2D eigenvalue weighted by Crippen LogP contribution is 2.49. The van der Waals surface area contributed by atoms with Gasteiger partial charge >= 0.3 is 0 Å². The lowest BCUT2D eigenvalue weighted by Gasteiger charge is -2.38. The fourth-order valence-corrected chi connectivity index (χ4v) is 10.5. The molecule has 0 saturated carbocycles. The Kier molecular flexibility index (Phi) is 16.9. The predicted octanol–water partition coefficient (Wildman–Crippen LogP) is 9.50. The van der Waals surface area contributed by atoms with Crippen molar-refractivity contribution in [2.45, 2.75) is 81.8 Å². The Hall–Kier alpha value is -3.66. The Morgan fingerprint density at radius 1 is 0.911 bits per heavy atom. The molecule has 0 radical (unpaired) electrons. The molecule has 3 atom stereocenters. The van der Waals surface area contributed by atoms with Crippen LogP contribution >= 0.6 is 30.1 Å². The zero-order valence-corrected chi connectivity index (χ0v) is 35.6. The van der Waals surface area contributed by atoms with E-state index in [0.717, 1.165) is 33.2 Å². The highest BCUT2D eigenvalue weighted by molar-refractivity contribution is 8.76. The molecule has 0 aliphatic carbocycles. The second-order valence-electron chi connectivity index (χ2n) is 13.8. The summed E-state index contributed by atoms with van der Waals surface area (Å²) in [5.41, 5.74) is 1.74. The molecule has 1 unspecified atom stereocenters. The third kappa shape index (κ3) is 11.3. The van der Waals surface area contributed by atoms with Crippen molar-refractivity contribution >= 4 is 36.0 Å². The molecule has 2 heterocycles. The summed E-state index contributed by atoms with van der Waals surface area (Å²) in [6, 6.07) is 34.1. The minimum absolute atomic E-state index is 0.0392. The van der Waals surface area contributed by atoms with Gasteiger partial charge in [0, 0.05) is 37.0 Å². The van der Waals surface area contributed by atoms with Crippen LogP contribution in [0.15, 0.2) is 108 Å². The van der Waals surface area contributed by atoms with Crippen molar-refractivity contribution < 1.29 is 28.1 Å². The van der Waals surface area contributed by atoms with Gasteiger partial charge in [0.2, 0.25) is 5.91 Å². The number of amides is 1. The van der Waals surface area contributed by atoms with Crippen molar-refractivity contribution in [1.29, 1.82) is 5.26 Å². The van der Waals surface area contributed by atoms with Crippen molar-refractivity contribution in [2.75, 3.05) is 39.7 Å². The monoisotopic (exact) mass is 816 g/mol. The molecule has 1 saturated heterocycles. The molecular formula is C43H53N4O6PS2. The van der Waals surface area contributed by atoms with Gasteiger partial charge in [0.05, 0.1) is 52.1 Å². The van der Waals surface area contributed by atoms with Gasteiger partial charge in [0.1, 0.15) is 22.1 Å². The number of benzene rings is 3. The van der Waals surface area contributed by atoms with E-state index in [1.165, 1.54) is 0 Å². The molecule has 3 aromatic carbocycles. The van der Waals surface area contributed by atoms with Crippen LogP contribution in [0.25, 0.3) is 0 Å². The molecule has 0 spiro atoms.